The van der Waals surface area contributed by atoms with Gasteiger partial charge in [-0.1, -0.05) is 96.8 Å². The maximum Gasteiger partial charge on any atom is 0.251 e. The van der Waals surface area contributed by atoms with Gasteiger partial charge in [0.25, 0.3) is 5.91 Å². The Morgan fingerprint density at radius 1 is 1.04 bits per heavy atom. The molecule has 0 heterocycles. The number of nitrogens with one attached hydrogen (secondary N) is 3. The van der Waals surface area contributed by atoms with E-state index in [9.17, 15) is 24.9 Å². The predicted molar refractivity (Wildman–Crippen MR) is 234 cm³/mol. The van der Waals surface area contributed by atoms with Gasteiger partial charge < -0.3 is 46.6 Å². The molecule has 4 rings (SSSR count). The summed E-state index contributed by atoms with van der Waals surface area (Å²) < 4.78 is 5.81. The van der Waals surface area contributed by atoms with E-state index < -0.39 is 30.6 Å². The number of carbonyl (C=O) groups is 2. The third-order valence-corrected chi connectivity index (χ3v) is 11.3. The van der Waals surface area contributed by atoms with E-state index in [1.54, 1.807) is 51.4 Å². The van der Waals surface area contributed by atoms with E-state index in [2.05, 4.69) is 43.6 Å². The Balaban J connectivity index is 0.000000802. The predicted octanol–water partition coefficient (Wildman–Crippen LogP) is 6.90. The minimum absolute atomic E-state index is 0.104. The summed E-state index contributed by atoms with van der Waals surface area (Å²) >= 11 is 0. The highest BCUT2D eigenvalue weighted by Crippen LogP contribution is 2.43. The monoisotopic (exact) mass is 790 g/mol. The molecule has 5 atom stereocenters. The maximum atomic E-state index is 12.5. The summed E-state index contributed by atoms with van der Waals surface area (Å²) in [5, 5.41) is 39.9. The Hall–Kier alpha value is -4.42. The van der Waals surface area contributed by atoms with Crippen molar-refractivity contribution in [2.24, 2.45) is 28.9 Å². The first-order valence-corrected chi connectivity index (χ1v) is 20.3. The molecule has 0 radical (unpaired) electrons. The Morgan fingerprint density at radius 2 is 1.70 bits per heavy atom. The van der Waals surface area contributed by atoms with Crippen molar-refractivity contribution in [2.45, 2.75) is 93.0 Å². The fourth-order valence-corrected chi connectivity index (χ4v) is 7.23. The number of allylic oxidation sites excluding steroid dienone is 1. The van der Waals surface area contributed by atoms with Gasteiger partial charge in [-0.05, 0) is 66.0 Å². The van der Waals surface area contributed by atoms with Crippen LogP contribution in [0.4, 0.5) is 5.69 Å². The Kier molecular flexibility index (Phi) is 20.3. The molecule has 57 heavy (non-hydrogen) atoms. The molecular weight excluding hydrogens is 719 g/mol. The number of benzene rings is 3. The van der Waals surface area contributed by atoms with Crippen LogP contribution in [0.3, 0.4) is 0 Å². The minimum Gasteiger partial charge on any atom is -0.508 e. The standard InChI is InChI=1S/C34H45N5O6.C10H20.C2H6/c1-6-29(41)22-12-10-21(11-13-22)17-37-19-30(42)28(20-40)31(33(35)43)38-18-23-8-7-9-27(32(23)45-5)24-14-25(34(44)36-2)16-26(15-24)39(3)4;1-8-6-5-7-10(3,4)9(8)2;1-2/h6-16,28,30-31,37-38,40-42H,17-20H2,1-5H3,(H2,35,43)(H,36,44);8-9H,5-7H2,1-4H3;1-2H3/b29-6+;;/t;8?,9-;/m.0./s1. The number of amides is 2. The zero-order chi connectivity index (χ0) is 42.9. The van der Waals surface area contributed by atoms with Crippen molar-refractivity contribution in [2.75, 3.05) is 46.3 Å². The number of primary amides is 1. The molecule has 1 fully saturated rings. The number of nitrogens with zero attached hydrogens (tertiary/aromatic N) is 1. The molecule has 3 aromatic rings. The normalized spacial score (nSPS) is 17.7. The lowest BCUT2D eigenvalue weighted by Gasteiger charge is -2.40. The van der Waals surface area contributed by atoms with Crippen LogP contribution < -0.4 is 31.3 Å². The van der Waals surface area contributed by atoms with Crippen molar-refractivity contribution in [3.8, 4) is 16.9 Å². The fraction of sp³-hybridized carbons (Fsp3) is 0.522. The summed E-state index contributed by atoms with van der Waals surface area (Å²) in [6.07, 6.45) is 4.85. The van der Waals surface area contributed by atoms with Crippen LogP contribution in [0.25, 0.3) is 16.9 Å². The fourth-order valence-electron chi connectivity index (χ4n) is 7.23. The first-order valence-electron chi connectivity index (χ1n) is 20.3. The van der Waals surface area contributed by atoms with E-state index in [1.807, 2.05) is 69.2 Å². The van der Waals surface area contributed by atoms with Gasteiger partial charge in [-0.15, -0.1) is 0 Å². The average molecular weight is 790 g/mol. The number of para-hydroxylation sites is 1. The number of carbonyl (C=O) groups excluding carboxylic acids is 2. The Bertz CT molecular complexity index is 1720. The number of hydrogen-bond donors (Lipinski definition) is 7. The Labute approximate surface area is 342 Å². The highest BCUT2D eigenvalue weighted by molar-refractivity contribution is 5.97. The summed E-state index contributed by atoms with van der Waals surface area (Å²) in [7, 11) is 6.91. The molecule has 4 unspecified atom stereocenters. The van der Waals surface area contributed by atoms with Crippen molar-refractivity contribution >= 4 is 23.3 Å². The lowest BCUT2D eigenvalue weighted by molar-refractivity contribution is -0.123. The lowest BCUT2D eigenvalue weighted by atomic mass is 9.65. The highest BCUT2D eigenvalue weighted by Gasteiger charge is 2.33. The molecule has 1 aliphatic carbocycles. The SMILES string of the molecule is C/C=C(/O)c1ccc(CNCC(O)C(CO)C(NCc2cccc(-c3cc(C(=O)NC)cc(N(C)C)c3)c2OC)C(N)=O)cc1.CC.CC1CCCC(C)(C)[C@H]1C. The van der Waals surface area contributed by atoms with Gasteiger partial charge in [0.15, 0.2) is 0 Å². The molecular formula is C46H71N5O6. The van der Waals surface area contributed by atoms with Gasteiger partial charge in [0.05, 0.1) is 25.9 Å². The number of hydrogen-bond acceptors (Lipinski definition) is 9. The summed E-state index contributed by atoms with van der Waals surface area (Å²) in [6, 6.07) is 17.4. The van der Waals surface area contributed by atoms with Crippen LogP contribution in [-0.2, 0) is 17.9 Å². The minimum atomic E-state index is -1.09. The number of anilines is 1. The molecule has 0 aliphatic heterocycles. The van der Waals surface area contributed by atoms with Crippen LogP contribution >= 0.6 is 0 Å². The molecule has 3 aromatic carbocycles. The van der Waals surface area contributed by atoms with E-state index in [1.165, 1.54) is 19.3 Å². The molecule has 316 valence electrons. The molecule has 0 saturated heterocycles. The second-order valence-corrected chi connectivity index (χ2v) is 15.6. The zero-order valence-electron chi connectivity index (χ0n) is 36.3. The number of ether oxygens (including phenoxy) is 1. The molecule has 0 spiro atoms. The third-order valence-electron chi connectivity index (χ3n) is 11.3. The van der Waals surface area contributed by atoms with E-state index in [4.69, 9.17) is 10.5 Å². The number of nitrogens with two attached hydrogens (primary N) is 1. The maximum absolute atomic E-state index is 12.5. The molecule has 11 heteroatoms. The largest absolute Gasteiger partial charge is 0.508 e. The van der Waals surface area contributed by atoms with E-state index in [-0.39, 0.29) is 24.8 Å². The van der Waals surface area contributed by atoms with E-state index >= 15 is 0 Å². The molecule has 8 N–H and O–H groups in total. The summed E-state index contributed by atoms with van der Waals surface area (Å²) in [5.74, 6) is 0.792. The molecule has 0 bridgehead atoms. The van der Waals surface area contributed by atoms with Gasteiger partial charge in [-0.3, -0.25) is 9.59 Å². The number of methoxy groups -OCH3 is 1. The molecule has 0 aromatic heterocycles. The van der Waals surface area contributed by atoms with Gasteiger partial charge in [0.1, 0.15) is 11.5 Å². The lowest BCUT2D eigenvalue weighted by Crippen LogP contribution is -2.53. The van der Waals surface area contributed by atoms with Crippen molar-refractivity contribution < 1.29 is 29.6 Å². The van der Waals surface area contributed by atoms with Gasteiger partial charge in [0.2, 0.25) is 5.91 Å². The molecule has 2 amide bonds. The summed E-state index contributed by atoms with van der Waals surface area (Å²) in [6.45, 7) is 15.6. The molecule has 1 saturated carbocycles. The van der Waals surface area contributed by atoms with Crippen LogP contribution in [0.5, 0.6) is 5.75 Å². The average Bonchev–Trinajstić information content (AvgIpc) is 3.21. The first kappa shape index (κ1) is 48.7. The van der Waals surface area contributed by atoms with Gasteiger partial charge in [0, 0.05) is 74.6 Å². The molecule has 11 nitrogen and oxygen atoms in total. The van der Waals surface area contributed by atoms with Crippen molar-refractivity contribution in [3.63, 3.8) is 0 Å². The van der Waals surface area contributed by atoms with Crippen LogP contribution in [0, 0.1) is 23.2 Å². The van der Waals surface area contributed by atoms with Crippen molar-refractivity contribution in [3.05, 3.63) is 89.0 Å². The third kappa shape index (κ3) is 13.9. The van der Waals surface area contributed by atoms with Crippen molar-refractivity contribution in [1.29, 1.82) is 0 Å². The first-order chi connectivity index (χ1) is 27.1. The van der Waals surface area contributed by atoms with Crippen LogP contribution in [-0.4, -0.2) is 80.7 Å². The second kappa shape index (κ2) is 23.7. The second-order valence-electron chi connectivity index (χ2n) is 15.6. The van der Waals surface area contributed by atoms with Crippen molar-refractivity contribution in [1.82, 2.24) is 16.0 Å². The Morgan fingerprint density at radius 3 is 2.23 bits per heavy atom. The van der Waals surface area contributed by atoms with Gasteiger partial charge in [-0.25, -0.2) is 0 Å². The number of aliphatic hydroxyl groups excluding tert-OH is 3. The zero-order valence-corrected chi connectivity index (χ0v) is 36.3. The van der Waals surface area contributed by atoms with E-state index in [0.29, 0.717) is 28.8 Å². The van der Waals surface area contributed by atoms with Crippen LogP contribution in [0.2, 0.25) is 0 Å². The van der Waals surface area contributed by atoms with Crippen LogP contribution in [0.15, 0.2) is 66.7 Å². The highest BCUT2D eigenvalue weighted by atomic mass is 16.5. The number of aliphatic hydroxyl groups is 3. The van der Waals surface area contributed by atoms with Gasteiger partial charge >= 0.3 is 0 Å². The topological polar surface area (TPSA) is 169 Å². The molecule has 1 aliphatic rings. The van der Waals surface area contributed by atoms with E-state index in [0.717, 1.165) is 39.8 Å². The smallest absolute Gasteiger partial charge is 0.251 e. The quantitative estimate of drug-likeness (QED) is 0.0764. The summed E-state index contributed by atoms with van der Waals surface area (Å²) in [4.78, 5) is 26.9. The summed E-state index contributed by atoms with van der Waals surface area (Å²) in [5.41, 5.74) is 11.6. The van der Waals surface area contributed by atoms with Crippen LogP contribution in [0.1, 0.15) is 94.8 Å². The van der Waals surface area contributed by atoms with Gasteiger partial charge in [-0.2, -0.15) is 0 Å². The number of rotatable bonds is 16.